The molecule has 0 fully saturated rings. The number of carbonyl (C=O) groups is 3. The van der Waals surface area contributed by atoms with E-state index >= 15 is 0 Å². The fourth-order valence-corrected chi connectivity index (χ4v) is 7.10. The molecule has 44 heavy (non-hydrogen) atoms. The van der Waals surface area contributed by atoms with Gasteiger partial charge in [-0.25, -0.2) is 4.79 Å². The molecule has 1 aromatic heterocycles. The molecule has 0 spiro atoms. The van der Waals surface area contributed by atoms with Crippen LogP contribution >= 0.6 is 58.2 Å². The number of fused-ring (bicyclic) bond motifs is 3. The predicted octanol–water partition coefficient (Wildman–Crippen LogP) is 9.89. The first kappa shape index (κ1) is 32.0. The van der Waals surface area contributed by atoms with E-state index in [4.69, 9.17) is 46.4 Å². The first-order valence-electron chi connectivity index (χ1n) is 13.5. The zero-order valence-corrected chi connectivity index (χ0v) is 27.2. The Morgan fingerprint density at radius 2 is 1.43 bits per heavy atom. The monoisotopic (exact) mass is 687 g/mol. The van der Waals surface area contributed by atoms with Crippen LogP contribution in [0.2, 0.25) is 20.1 Å². The van der Waals surface area contributed by atoms with Gasteiger partial charge in [0, 0.05) is 44.6 Å². The van der Waals surface area contributed by atoms with E-state index in [9.17, 15) is 19.5 Å². The van der Waals surface area contributed by atoms with Crippen LogP contribution in [0.25, 0.3) is 21.8 Å². The topological polar surface area (TPSA) is 100 Å². The predicted molar refractivity (Wildman–Crippen MR) is 182 cm³/mol. The lowest BCUT2D eigenvalue weighted by molar-refractivity contribution is -0.115. The number of thioether (sulfide) groups is 1. The van der Waals surface area contributed by atoms with E-state index < -0.39 is 33.3 Å². The summed E-state index contributed by atoms with van der Waals surface area (Å²) < 4.78 is 2.25. The molecule has 0 bridgehead atoms. The third kappa shape index (κ3) is 6.10. The highest BCUT2D eigenvalue weighted by Gasteiger charge is 2.29. The van der Waals surface area contributed by atoms with Gasteiger partial charge < -0.3 is 20.3 Å². The highest BCUT2D eigenvalue weighted by atomic mass is 35.5. The van der Waals surface area contributed by atoms with Crippen LogP contribution in [0.15, 0.2) is 71.6 Å². The number of amides is 2. The van der Waals surface area contributed by atoms with E-state index in [1.165, 1.54) is 11.8 Å². The molecule has 0 saturated heterocycles. The molecule has 3 N–H and O–H groups in total. The summed E-state index contributed by atoms with van der Waals surface area (Å²) in [5.41, 5.74) is 2.32. The number of benzene rings is 4. The molecule has 0 radical (unpaired) electrons. The molecule has 12 heteroatoms. The average Bonchev–Trinajstić information content (AvgIpc) is 3.33. The summed E-state index contributed by atoms with van der Waals surface area (Å²) >= 11 is 25.7. The number of nitrogens with zero attached hydrogens (tertiary/aromatic N) is 1. The summed E-state index contributed by atoms with van der Waals surface area (Å²) in [7, 11) is 0. The quantitative estimate of drug-likeness (QED) is 0.0813. The van der Waals surface area contributed by atoms with Crippen molar-refractivity contribution in [3.63, 3.8) is 0 Å². The summed E-state index contributed by atoms with van der Waals surface area (Å²) in [4.78, 5) is 39.2. The minimum Gasteiger partial charge on any atom is -0.478 e. The van der Waals surface area contributed by atoms with E-state index in [-0.39, 0.29) is 21.0 Å². The van der Waals surface area contributed by atoms with Crippen LogP contribution in [0.5, 0.6) is 0 Å². The van der Waals surface area contributed by atoms with E-state index in [2.05, 4.69) is 34.3 Å². The molecule has 2 amide bonds. The van der Waals surface area contributed by atoms with Crippen molar-refractivity contribution in [2.75, 3.05) is 10.6 Å². The normalized spacial score (nSPS) is 12.0. The fraction of sp³-hybridized carbons (Fsp3) is 0.156. The van der Waals surface area contributed by atoms with E-state index in [0.717, 1.165) is 28.4 Å². The summed E-state index contributed by atoms with van der Waals surface area (Å²) in [5, 5.41) is 15.9. The van der Waals surface area contributed by atoms with Gasteiger partial charge in [-0.05, 0) is 55.8 Å². The van der Waals surface area contributed by atoms with E-state index in [1.807, 2.05) is 43.3 Å². The molecule has 1 unspecified atom stereocenters. The van der Waals surface area contributed by atoms with Crippen molar-refractivity contribution < 1.29 is 19.5 Å². The number of aromatic carboxylic acids is 1. The summed E-state index contributed by atoms with van der Waals surface area (Å²) in [6, 6.07) is 21.0. The molecular weight excluding hydrogens is 664 g/mol. The van der Waals surface area contributed by atoms with Crippen LogP contribution in [0.3, 0.4) is 0 Å². The van der Waals surface area contributed by atoms with Gasteiger partial charge in [-0.2, -0.15) is 0 Å². The minimum absolute atomic E-state index is 0.158. The Morgan fingerprint density at radius 3 is 2.11 bits per heavy atom. The van der Waals surface area contributed by atoms with Gasteiger partial charge in [0.25, 0.3) is 5.91 Å². The first-order valence-corrected chi connectivity index (χ1v) is 15.9. The van der Waals surface area contributed by atoms with Crippen LogP contribution in [-0.2, 0) is 11.3 Å². The van der Waals surface area contributed by atoms with Crippen LogP contribution in [0.4, 0.5) is 11.4 Å². The van der Waals surface area contributed by atoms with Gasteiger partial charge in [0.2, 0.25) is 5.91 Å². The van der Waals surface area contributed by atoms with Crippen molar-refractivity contribution in [1.82, 2.24) is 4.57 Å². The van der Waals surface area contributed by atoms with Gasteiger partial charge in [0.15, 0.2) is 0 Å². The van der Waals surface area contributed by atoms with Gasteiger partial charge >= 0.3 is 5.97 Å². The largest absolute Gasteiger partial charge is 0.478 e. The Bertz CT molecular complexity index is 1960. The van der Waals surface area contributed by atoms with Crippen molar-refractivity contribution >= 4 is 109 Å². The lowest BCUT2D eigenvalue weighted by Crippen LogP contribution is -2.24. The summed E-state index contributed by atoms with van der Waals surface area (Å²) in [5.74, 6) is -2.48. The lowest BCUT2D eigenvalue weighted by Gasteiger charge is -2.16. The second-order valence-electron chi connectivity index (χ2n) is 9.79. The molecule has 4 aromatic carbocycles. The molecule has 1 heterocycles. The second-order valence-corrected chi connectivity index (χ2v) is 12.6. The number of hydrogen-bond acceptors (Lipinski definition) is 4. The second kappa shape index (κ2) is 13.3. The maximum Gasteiger partial charge on any atom is 0.338 e. The maximum atomic E-state index is 13.4. The number of rotatable bonds is 9. The SMILES string of the molecule is CCC(Sc1cccc(NC(=O)c2c(Cl)c(Cl)c(Cl)c(Cl)c2C(=O)O)c1)C(=O)Nc1ccc2c(c1)c1ccccc1n2CC. The number of anilines is 2. The Kier molecular flexibility index (Phi) is 9.68. The van der Waals surface area contributed by atoms with Crippen LogP contribution in [0, 0.1) is 0 Å². The summed E-state index contributed by atoms with van der Waals surface area (Å²) in [6.07, 6.45) is 0.545. The van der Waals surface area contributed by atoms with Gasteiger partial charge in [-0.1, -0.05) is 77.6 Å². The number of halogens is 4. The van der Waals surface area contributed by atoms with Crippen LogP contribution < -0.4 is 10.6 Å². The molecule has 226 valence electrons. The smallest absolute Gasteiger partial charge is 0.338 e. The molecule has 7 nitrogen and oxygen atoms in total. The number of para-hydroxylation sites is 1. The Morgan fingerprint density at radius 1 is 0.773 bits per heavy atom. The van der Waals surface area contributed by atoms with E-state index in [1.54, 1.807) is 18.2 Å². The number of carboxylic acids is 1. The standard InChI is InChI=1S/C32H25Cl4N3O4S/c1-3-23(30(40)37-17-12-13-22-20(15-17)19-10-5-6-11-21(19)39(22)4-2)44-18-9-7-8-16(14-18)38-31(41)24-25(32(42)43)27(34)29(36)28(35)26(24)33/h5-15,23H,3-4H2,1-2H3,(H,37,40)(H,38,41)(H,42,43). The average molecular weight is 689 g/mol. The zero-order valence-electron chi connectivity index (χ0n) is 23.4. The van der Waals surface area contributed by atoms with Crippen LogP contribution in [-0.4, -0.2) is 32.7 Å². The Hall–Kier alpha value is -3.40. The molecule has 5 aromatic rings. The Balaban J connectivity index is 1.34. The van der Waals surface area contributed by atoms with E-state index in [0.29, 0.717) is 22.7 Å². The van der Waals surface area contributed by atoms with Crippen molar-refractivity contribution in [3.8, 4) is 0 Å². The van der Waals surface area contributed by atoms with Gasteiger partial charge in [-0.3, -0.25) is 9.59 Å². The van der Waals surface area contributed by atoms with Crippen molar-refractivity contribution in [3.05, 3.63) is 97.9 Å². The third-order valence-electron chi connectivity index (χ3n) is 7.10. The minimum atomic E-state index is -1.49. The summed E-state index contributed by atoms with van der Waals surface area (Å²) in [6.45, 7) is 4.86. The highest BCUT2D eigenvalue weighted by Crippen LogP contribution is 2.42. The molecule has 0 saturated carbocycles. The van der Waals surface area contributed by atoms with Gasteiger partial charge in [0.05, 0.1) is 36.5 Å². The highest BCUT2D eigenvalue weighted by molar-refractivity contribution is 8.00. The molecule has 0 aliphatic heterocycles. The molecule has 0 aliphatic rings. The fourth-order valence-electron chi connectivity index (χ4n) is 5.07. The molecular formula is C32H25Cl4N3O4S. The number of hydrogen-bond donors (Lipinski definition) is 3. The van der Waals surface area contributed by atoms with Crippen LogP contribution in [0.1, 0.15) is 41.0 Å². The number of carboxylic acid groups (broad SMARTS) is 1. The van der Waals surface area contributed by atoms with Gasteiger partial charge in [-0.15, -0.1) is 11.8 Å². The van der Waals surface area contributed by atoms with Crippen molar-refractivity contribution in [2.45, 2.75) is 37.0 Å². The maximum absolute atomic E-state index is 13.4. The Labute approximate surface area is 277 Å². The number of carbonyl (C=O) groups excluding carboxylic acids is 2. The number of aryl methyl sites for hydroxylation is 1. The lowest BCUT2D eigenvalue weighted by atomic mass is 10.1. The zero-order chi connectivity index (χ0) is 31.7. The van der Waals surface area contributed by atoms with Crippen molar-refractivity contribution in [2.24, 2.45) is 0 Å². The molecule has 0 aliphatic carbocycles. The van der Waals surface area contributed by atoms with Gasteiger partial charge in [0.1, 0.15) is 0 Å². The first-order chi connectivity index (χ1) is 21.0. The third-order valence-corrected chi connectivity index (χ3v) is 10.3. The molecule has 1 atom stereocenters. The number of aromatic nitrogens is 1. The molecule has 5 rings (SSSR count). The number of nitrogens with one attached hydrogen (secondary N) is 2. The van der Waals surface area contributed by atoms with Crippen molar-refractivity contribution in [1.29, 1.82) is 0 Å².